The maximum absolute atomic E-state index is 13.1. The Labute approximate surface area is 159 Å². The van der Waals surface area contributed by atoms with Crippen LogP contribution in [0.15, 0.2) is 64.1 Å². The van der Waals surface area contributed by atoms with Gasteiger partial charge in [0.15, 0.2) is 0 Å². The van der Waals surface area contributed by atoms with Crippen molar-refractivity contribution in [2.45, 2.75) is 12.0 Å². The van der Waals surface area contributed by atoms with Gasteiger partial charge in [0.1, 0.15) is 5.58 Å². The van der Waals surface area contributed by atoms with Gasteiger partial charge in [0, 0.05) is 49.9 Å². The molecule has 1 N–H and O–H groups in total. The van der Waals surface area contributed by atoms with E-state index in [9.17, 15) is 8.42 Å². The van der Waals surface area contributed by atoms with E-state index in [1.54, 1.807) is 12.1 Å². The van der Waals surface area contributed by atoms with Crippen molar-refractivity contribution in [3.63, 3.8) is 0 Å². The summed E-state index contributed by atoms with van der Waals surface area (Å²) in [6.07, 6.45) is 0. The van der Waals surface area contributed by atoms with Crippen LogP contribution in [0.3, 0.4) is 0 Å². The molecule has 1 aromatic heterocycles. The average molecular weight is 385 g/mol. The van der Waals surface area contributed by atoms with Crippen molar-refractivity contribution in [3.8, 4) is 0 Å². The summed E-state index contributed by atoms with van der Waals surface area (Å²) in [5.74, 6) is 0. The number of hydrogen-bond donors (Lipinski definition) is 1. The fourth-order valence-electron chi connectivity index (χ4n) is 3.44. The first-order valence-electron chi connectivity index (χ1n) is 9.16. The minimum absolute atomic E-state index is 0.0308. The van der Waals surface area contributed by atoms with Crippen LogP contribution in [0.1, 0.15) is 6.92 Å². The highest BCUT2D eigenvalue weighted by molar-refractivity contribution is 7.92. The maximum atomic E-state index is 13.1. The number of para-hydroxylation sites is 1. The van der Waals surface area contributed by atoms with E-state index in [0.29, 0.717) is 17.8 Å². The largest absolute Gasteiger partial charge is 0.443 e. The Morgan fingerprint density at radius 3 is 2.44 bits per heavy atom. The second kappa shape index (κ2) is 7.25. The van der Waals surface area contributed by atoms with E-state index in [0.717, 1.165) is 37.3 Å². The third-order valence-electron chi connectivity index (χ3n) is 4.85. The summed E-state index contributed by atoms with van der Waals surface area (Å²) in [5, 5.41) is 4.08. The average Bonchev–Trinajstić information content (AvgIpc) is 3.15. The normalized spacial score (nSPS) is 15.2. The van der Waals surface area contributed by atoms with Crippen LogP contribution >= 0.6 is 0 Å². The molecule has 1 aliphatic heterocycles. The lowest BCUT2D eigenvalue weighted by Crippen LogP contribution is -2.43. The summed E-state index contributed by atoms with van der Waals surface area (Å²) < 4.78 is 33.3. The van der Waals surface area contributed by atoms with Gasteiger partial charge in [0.05, 0.1) is 5.69 Å². The van der Waals surface area contributed by atoms with Gasteiger partial charge in [0.25, 0.3) is 10.0 Å². The van der Waals surface area contributed by atoms with Gasteiger partial charge in [-0.05, 0) is 37.3 Å². The van der Waals surface area contributed by atoms with Gasteiger partial charge in [-0.1, -0.05) is 18.2 Å². The molecule has 2 aromatic carbocycles. The molecule has 0 spiro atoms. The second-order valence-electron chi connectivity index (χ2n) is 6.53. The molecule has 0 bridgehead atoms. The summed E-state index contributed by atoms with van der Waals surface area (Å²) in [6, 6.07) is 16.6. The van der Waals surface area contributed by atoms with Crippen molar-refractivity contribution < 1.29 is 12.8 Å². The molecule has 0 aliphatic carbocycles. The van der Waals surface area contributed by atoms with Crippen LogP contribution in [-0.2, 0) is 10.0 Å². The van der Waals surface area contributed by atoms with Crippen LogP contribution in [0.5, 0.6) is 0 Å². The lowest BCUT2D eigenvalue weighted by atomic mass is 10.2. The molecule has 1 aliphatic rings. The minimum atomic E-state index is -3.76. The highest BCUT2D eigenvalue weighted by atomic mass is 32.2. The fraction of sp³-hybridized carbons (Fsp3) is 0.300. The molecule has 0 radical (unpaired) electrons. The number of nitrogens with one attached hydrogen (secondary N) is 1. The van der Waals surface area contributed by atoms with Crippen molar-refractivity contribution in [3.05, 3.63) is 54.6 Å². The number of sulfonamides is 1. The lowest BCUT2D eigenvalue weighted by Gasteiger charge is -2.30. The first kappa shape index (κ1) is 17.9. The van der Waals surface area contributed by atoms with Gasteiger partial charge in [-0.3, -0.25) is 4.31 Å². The number of hydrogen-bond acceptors (Lipinski definition) is 5. The lowest BCUT2D eigenvalue weighted by molar-refractivity contribution is 0.480. The molecule has 7 heteroatoms. The number of nitrogens with zero attached hydrogens (tertiary/aromatic N) is 2. The van der Waals surface area contributed by atoms with Crippen LogP contribution in [0.2, 0.25) is 0 Å². The van der Waals surface area contributed by atoms with E-state index in [2.05, 4.69) is 10.2 Å². The standard InChI is InChI=1S/C20H23N3O3S/c1-2-23(18-9-7-17(8-10-18)22-13-11-21-12-14-22)27(24,25)20-15-16-5-3-4-6-19(16)26-20/h3-10,15,21H,2,11-14H2,1H3. The van der Waals surface area contributed by atoms with E-state index in [1.807, 2.05) is 49.4 Å². The summed E-state index contributed by atoms with van der Waals surface area (Å²) in [4.78, 5) is 2.30. The molecule has 0 unspecified atom stereocenters. The molecule has 0 amide bonds. The molecular weight excluding hydrogens is 362 g/mol. The van der Waals surface area contributed by atoms with Crippen molar-refractivity contribution in [1.82, 2.24) is 5.32 Å². The van der Waals surface area contributed by atoms with Crippen LogP contribution in [-0.4, -0.2) is 41.1 Å². The first-order chi connectivity index (χ1) is 13.1. The number of furan rings is 1. The zero-order valence-electron chi connectivity index (χ0n) is 15.3. The van der Waals surface area contributed by atoms with Gasteiger partial charge in [0.2, 0.25) is 5.09 Å². The van der Waals surface area contributed by atoms with E-state index < -0.39 is 10.0 Å². The number of fused-ring (bicyclic) bond motifs is 1. The van der Waals surface area contributed by atoms with Crippen molar-refractivity contribution in [2.24, 2.45) is 0 Å². The van der Waals surface area contributed by atoms with Crippen molar-refractivity contribution >= 4 is 32.4 Å². The minimum Gasteiger partial charge on any atom is -0.443 e. The summed E-state index contributed by atoms with van der Waals surface area (Å²) in [7, 11) is -3.76. The Balaban J connectivity index is 1.64. The van der Waals surface area contributed by atoms with Gasteiger partial charge >= 0.3 is 0 Å². The van der Waals surface area contributed by atoms with Crippen LogP contribution in [0.25, 0.3) is 11.0 Å². The third kappa shape index (κ3) is 3.40. The molecule has 2 heterocycles. The third-order valence-corrected chi connectivity index (χ3v) is 6.61. The highest BCUT2D eigenvalue weighted by Gasteiger charge is 2.27. The molecule has 4 rings (SSSR count). The quantitative estimate of drug-likeness (QED) is 0.731. The fourth-order valence-corrected chi connectivity index (χ4v) is 4.86. The molecule has 0 saturated carbocycles. The van der Waals surface area contributed by atoms with E-state index in [1.165, 1.54) is 4.31 Å². The van der Waals surface area contributed by atoms with Gasteiger partial charge < -0.3 is 14.6 Å². The topological polar surface area (TPSA) is 65.8 Å². The van der Waals surface area contributed by atoms with Crippen LogP contribution in [0.4, 0.5) is 11.4 Å². The molecule has 142 valence electrons. The van der Waals surface area contributed by atoms with Gasteiger partial charge in [-0.25, -0.2) is 0 Å². The highest BCUT2D eigenvalue weighted by Crippen LogP contribution is 2.29. The number of piperazine rings is 1. The summed E-state index contributed by atoms with van der Waals surface area (Å²) in [5.41, 5.74) is 2.32. The molecule has 6 nitrogen and oxygen atoms in total. The Bertz CT molecular complexity index is 989. The number of benzene rings is 2. The number of rotatable bonds is 5. The van der Waals surface area contributed by atoms with E-state index >= 15 is 0 Å². The Morgan fingerprint density at radius 1 is 1.07 bits per heavy atom. The Hall–Kier alpha value is -2.51. The summed E-state index contributed by atoms with van der Waals surface area (Å²) >= 11 is 0. The van der Waals surface area contributed by atoms with Crippen LogP contribution < -0.4 is 14.5 Å². The van der Waals surface area contributed by atoms with Crippen LogP contribution in [0, 0.1) is 0 Å². The van der Waals surface area contributed by atoms with Crippen molar-refractivity contribution in [1.29, 1.82) is 0 Å². The van der Waals surface area contributed by atoms with E-state index in [4.69, 9.17) is 4.42 Å². The Morgan fingerprint density at radius 2 is 1.78 bits per heavy atom. The summed E-state index contributed by atoms with van der Waals surface area (Å²) in [6.45, 7) is 5.98. The Kier molecular flexibility index (Phi) is 4.80. The molecule has 1 saturated heterocycles. The molecule has 0 atom stereocenters. The van der Waals surface area contributed by atoms with Crippen molar-refractivity contribution in [2.75, 3.05) is 41.9 Å². The molecule has 27 heavy (non-hydrogen) atoms. The maximum Gasteiger partial charge on any atom is 0.297 e. The smallest absolute Gasteiger partial charge is 0.297 e. The van der Waals surface area contributed by atoms with Gasteiger partial charge in [-0.2, -0.15) is 8.42 Å². The molecular formula is C20H23N3O3S. The number of anilines is 2. The van der Waals surface area contributed by atoms with E-state index in [-0.39, 0.29) is 5.09 Å². The van der Waals surface area contributed by atoms with Gasteiger partial charge in [-0.15, -0.1) is 0 Å². The second-order valence-corrected chi connectivity index (χ2v) is 8.32. The zero-order chi connectivity index (χ0) is 18.9. The SMILES string of the molecule is CCN(c1ccc(N2CCNCC2)cc1)S(=O)(=O)c1cc2ccccc2o1. The first-order valence-corrected chi connectivity index (χ1v) is 10.6. The molecule has 1 fully saturated rings. The molecule has 3 aromatic rings. The zero-order valence-corrected chi connectivity index (χ0v) is 16.1. The predicted molar refractivity (Wildman–Crippen MR) is 108 cm³/mol. The predicted octanol–water partition coefficient (Wildman–Crippen LogP) is 3.06. The monoisotopic (exact) mass is 385 g/mol.